The van der Waals surface area contributed by atoms with Crippen molar-refractivity contribution in [3.8, 4) is 17.0 Å². The van der Waals surface area contributed by atoms with Crippen LogP contribution in [0.1, 0.15) is 37.4 Å². The number of carbonyl (C=O) groups excluding carboxylic acids is 2. The van der Waals surface area contributed by atoms with E-state index < -0.39 is 34.2 Å². The molecule has 0 saturated heterocycles. The van der Waals surface area contributed by atoms with Gasteiger partial charge in [0.2, 0.25) is 0 Å². The molecule has 0 unspecified atom stereocenters. The van der Waals surface area contributed by atoms with E-state index in [1.54, 1.807) is 18.2 Å². The number of esters is 1. The largest absolute Gasteiger partial charge is 0.507 e. The molecule has 2 aromatic heterocycles. The molecule has 13 heteroatoms. The monoisotopic (exact) mass is 562 g/mol. The first-order valence-corrected chi connectivity index (χ1v) is 11.8. The standard InChI is InChI=1S/C28H17F3N4O6/c29-28(30,31)20-7-1-16(2-8-20)15-41-27(38)18-5-3-17(4-6-18)23-12-25-32-13-19(14-34(25)33-23)26(37)22-11-21(35(39)40)9-10-24(22)36/h1-14,36H,15H2. The minimum Gasteiger partial charge on any atom is -0.507 e. The van der Waals surface area contributed by atoms with E-state index in [2.05, 4.69) is 10.1 Å². The van der Waals surface area contributed by atoms with Crippen molar-refractivity contribution < 1.29 is 37.5 Å². The van der Waals surface area contributed by atoms with Crippen LogP contribution in [0.15, 0.2) is 85.2 Å². The van der Waals surface area contributed by atoms with E-state index in [4.69, 9.17) is 4.74 Å². The van der Waals surface area contributed by atoms with E-state index >= 15 is 0 Å². The number of nitro benzene ring substituents is 1. The van der Waals surface area contributed by atoms with Crippen LogP contribution in [0.5, 0.6) is 5.75 Å². The predicted octanol–water partition coefficient (Wildman–Crippen LogP) is 5.62. The lowest BCUT2D eigenvalue weighted by atomic mass is 10.0. The van der Waals surface area contributed by atoms with Gasteiger partial charge in [-0.05, 0) is 35.9 Å². The Balaban J connectivity index is 1.29. The van der Waals surface area contributed by atoms with Gasteiger partial charge in [0.25, 0.3) is 5.69 Å². The number of non-ortho nitro benzene ring substituents is 1. The van der Waals surface area contributed by atoms with Crippen molar-refractivity contribution in [2.24, 2.45) is 0 Å². The van der Waals surface area contributed by atoms with E-state index in [1.807, 2.05) is 0 Å². The molecule has 0 aliphatic rings. The number of nitro groups is 1. The summed E-state index contributed by atoms with van der Waals surface area (Å²) in [5, 5.41) is 25.5. The van der Waals surface area contributed by atoms with Gasteiger partial charge < -0.3 is 9.84 Å². The summed E-state index contributed by atoms with van der Waals surface area (Å²) in [5.74, 6) is -1.77. The summed E-state index contributed by atoms with van der Waals surface area (Å²) in [6, 6.07) is 15.3. The van der Waals surface area contributed by atoms with Crippen LogP contribution < -0.4 is 0 Å². The van der Waals surface area contributed by atoms with Crippen LogP contribution in [0, 0.1) is 10.1 Å². The molecule has 5 aromatic rings. The third-order valence-corrected chi connectivity index (χ3v) is 6.08. The number of phenols is 1. The van der Waals surface area contributed by atoms with E-state index in [0.29, 0.717) is 22.5 Å². The summed E-state index contributed by atoms with van der Waals surface area (Å²) >= 11 is 0. The Kier molecular flexibility index (Phi) is 6.93. The van der Waals surface area contributed by atoms with Crippen LogP contribution in [0.3, 0.4) is 0 Å². The van der Waals surface area contributed by atoms with Gasteiger partial charge in [-0.1, -0.05) is 24.3 Å². The lowest BCUT2D eigenvalue weighted by molar-refractivity contribution is -0.384. The van der Waals surface area contributed by atoms with Crippen LogP contribution >= 0.6 is 0 Å². The predicted molar refractivity (Wildman–Crippen MR) is 137 cm³/mol. The number of ether oxygens (including phenoxy) is 1. The molecule has 5 rings (SSSR count). The van der Waals surface area contributed by atoms with Gasteiger partial charge in [0.1, 0.15) is 12.4 Å². The van der Waals surface area contributed by atoms with E-state index in [0.717, 1.165) is 30.3 Å². The highest BCUT2D eigenvalue weighted by molar-refractivity contribution is 6.10. The third kappa shape index (κ3) is 5.73. The highest BCUT2D eigenvalue weighted by Crippen LogP contribution is 2.29. The maximum absolute atomic E-state index is 12.9. The van der Waals surface area contributed by atoms with Gasteiger partial charge in [-0.3, -0.25) is 14.9 Å². The molecule has 0 atom stereocenters. The Bertz CT molecular complexity index is 1800. The average molecular weight is 562 g/mol. The highest BCUT2D eigenvalue weighted by Gasteiger charge is 2.30. The van der Waals surface area contributed by atoms with Crippen LogP contribution in [-0.4, -0.2) is 36.4 Å². The fourth-order valence-electron chi connectivity index (χ4n) is 3.91. The Morgan fingerprint density at radius 2 is 1.68 bits per heavy atom. The van der Waals surface area contributed by atoms with E-state index in [9.17, 15) is 38.0 Å². The summed E-state index contributed by atoms with van der Waals surface area (Å²) in [6.45, 7) is -0.202. The number of aromatic hydroxyl groups is 1. The summed E-state index contributed by atoms with van der Waals surface area (Å²) in [6.07, 6.45) is -1.82. The lowest BCUT2D eigenvalue weighted by Gasteiger charge is -2.08. The van der Waals surface area contributed by atoms with Crippen molar-refractivity contribution in [2.45, 2.75) is 12.8 Å². The van der Waals surface area contributed by atoms with Gasteiger partial charge in [-0.2, -0.15) is 18.3 Å². The molecule has 1 N–H and O–H groups in total. The molecule has 0 aliphatic carbocycles. The first kappa shape index (κ1) is 27.0. The maximum atomic E-state index is 12.9. The molecule has 0 radical (unpaired) electrons. The minimum absolute atomic E-state index is 0.0362. The Labute approximate surface area is 228 Å². The number of phenolic OH excluding ortho intramolecular Hbond substituents is 1. The molecule has 0 aliphatic heterocycles. The van der Waals surface area contributed by atoms with Gasteiger partial charge in [-0.25, -0.2) is 14.3 Å². The second-order valence-electron chi connectivity index (χ2n) is 8.81. The fraction of sp³-hybridized carbons (Fsp3) is 0.0714. The molecule has 0 spiro atoms. The smallest absolute Gasteiger partial charge is 0.416 e. The third-order valence-electron chi connectivity index (χ3n) is 6.08. The number of ketones is 1. The Morgan fingerprint density at radius 1 is 0.976 bits per heavy atom. The molecular weight excluding hydrogens is 545 g/mol. The molecule has 10 nitrogen and oxygen atoms in total. The van der Waals surface area contributed by atoms with Crippen LogP contribution in [0.25, 0.3) is 16.9 Å². The molecule has 0 amide bonds. The van der Waals surface area contributed by atoms with Crippen molar-refractivity contribution >= 4 is 23.1 Å². The van der Waals surface area contributed by atoms with Crippen molar-refractivity contribution in [3.05, 3.63) is 123 Å². The fourth-order valence-corrected chi connectivity index (χ4v) is 3.91. The summed E-state index contributed by atoms with van der Waals surface area (Å²) < 4.78 is 44.6. The Hall–Kier alpha value is -5.59. The zero-order valence-electron chi connectivity index (χ0n) is 20.7. The van der Waals surface area contributed by atoms with Crippen molar-refractivity contribution in [3.63, 3.8) is 0 Å². The number of rotatable bonds is 7. The van der Waals surface area contributed by atoms with Crippen LogP contribution in [0.4, 0.5) is 18.9 Å². The number of hydrogen-bond donors (Lipinski definition) is 1. The quantitative estimate of drug-likeness (QED) is 0.117. The summed E-state index contributed by atoms with van der Waals surface area (Å²) in [5.41, 5.74) is 0.709. The lowest BCUT2D eigenvalue weighted by Crippen LogP contribution is -2.07. The number of hydrogen-bond acceptors (Lipinski definition) is 8. The van der Waals surface area contributed by atoms with Gasteiger partial charge in [0.05, 0.1) is 32.9 Å². The van der Waals surface area contributed by atoms with Gasteiger partial charge in [0, 0.05) is 36.2 Å². The van der Waals surface area contributed by atoms with Gasteiger partial charge in [0.15, 0.2) is 11.4 Å². The summed E-state index contributed by atoms with van der Waals surface area (Å²) in [4.78, 5) is 39.9. The number of alkyl halides is 3. The zero-order valence-corrected chi connectivity index (χ0v) is 20.7. The number of benzene rings is 3. The summed E-state index contributed by atoms with van der Waals surface area (Å²) in [7, 11) is 0. The highest BCUT2D eigenvalue weighted by atomic mass is 19.4. The molecule has 41 heavy (non-hydrogen) atoms. The van der Waals surface area contributed by atoms with Crippen molar-refractivity contribution in [1.82, 2.24) is 14.6 Å². The molecule has 3 aromatic carbocycles. The first-order chi connectivity index (χ1) is 19.5. The average Bonchev–Trinajstić information content (AvgIpc) is 3.39. The molecular formula is C28H17F3N4O6. The number of nitrogens with zero attached hydrogens (tertiary/aromatic N) is 4. The number of halogens is 3. The SMILES string of the molecule is O=C(OCc1ccc(C(F)(F)F)cc1)c1ccc(-c2cc3ncc(C(=O)c4cc([N+](=O)[O-])ccc4O)cn3n2)cc1. The second-order valence-corrected chi connectivity index (χ2v) is 8.81. The molecule has 2 heterocycles. The normalized spacial score (nSPS) is 11.4. The number of fused-ring (bicyclic) bond motifs is 1. The molecule has 0 bridgehead atoms. The number of carbonyl (C=O) groups is 2. The van der Waals surface area contributed by atoms with Crippen LogP contribution in [0.2, 0.25) is 0 Å². The van der Waals surface area contributed by atoms with Gasteiger partial charge >= 0.3 is 12.1 Å². The Morgan fingerprint density at radius 3 is 2.34 bits per heavy atom. The van der Waals surface area contributed by atoms with E-state index in [-0.39, 0.29) is 29.0 Å². The number of aromatic nitrogens is 3. The molecule has 0 fully saturated rings. The van der Waals surface area contributed by atoms with Crippen LogP contribution in [-0.2, 0) is 17.5 Å². The van der Waals surface area contributed by atoms with Crippen molar-refractivity contribution in [2.75, 3.05) is 0 Å². The molecule has 206 valence electrons. The molecule has 0 saturated carbocycles. The topological polar surface area (TPSA) is 137 Å². The zero-order chi connectivity index (χ0) is 29.3. The van der Waals surface area contributed by atoms with Crippen molar-refractivity contribution in [1.29, 1.82) is 0 Å². The second kappa shape index (κ2) is 10.5. The minimum atomic E-state index is -4.45. The maximum Gasteiger partial charge on any atom is 0.416 e. The van der Waals surface area contributed by atoms with Gasteiger partial charge in [-0.15, -0.1) is 0 Å². The van der Waals surface area contributed by atoms with E-state index in [1.165, 1.54) is 41.2 Å². The first-order valence-electron chi connectivity index (χ1n) is 11.8.